The number of aryl methyl sites for hydroxylation is 1. The highest BCUT2D eigenvalue weighted by Crippen LogP contribution is 2.33. The lowest BCUT2D eigenvalue weighted by Crippen LogP contribution is -2.32. The van der Waals surface area contributed by atoms with Crippen LogP contribution in [0.1, 0.15) is 29.5 Å². The Morgan fingerprint density at radius 3 is 2.76 bits per heavy atom. The summed E-state index contributed by atoms with van der Waals surface area (Å²) in [5, 5.41) is 19.8. The molecule has 1 amide bonds. The van der Waals surface area contributed by atoms with E-state index in [0.717, 1.165) is 5.56 Å². The maximum Gasteiger partial charge on any atom is 0.271 e. The van der Waals surface area contributed by atoms with Gasteiger partial charge in [0, 0.05) is 24.2 Å². The van der Waals surface area contributed by atoms with Gasteiger partial charge in [0.25, 0.3) is 11.6 Å². The van der Waals surface area contributed by atoms with Crippen LogP contribution in [0.3, 0.4) is 0 Å². The molecule has 9 nitrogen and oxygen atoms in total. The Labute approximate surface area is 165 Å². The third-order valence-electron chi connectivity index (χ3n) is 4.71. The van der Waals surface area contributed by atoms with Crippen molar-refractivity contribution < 1.29 is 18.6 Å². The van der Waals surface area contributed by atoms with Crippen molar-refractivity contribution in [2.24, 2.45) is 5.10 Å². The number of hydrogen-bond acceptors (Lipinski definition) is 7. The summed E-state index contributed by atoms with van der Waals surface area (Å²) in [6.45, 7) is 1.74. The number of nitrogens with one attached hydrogen (secondary N) is 1. The SMILES string of the molecule is Cc1ccc([N+](=O)[O-])cc1NCC(=O)N1N=C(c2ccco2)CC1c1ccco1. The number of amides is 1. The molecule has 1 atom stereocenters. The number of hydrogen-bond donors (Lipinski definition) is 1. The minimum absolute atomic E-state index is 0.0432. The summed E-state index contributed by atoms with van der Waals surface area (Å²) >= 11 is 0. The maximum atomic E-state index is 12.9. The molecule has 1 aliphatic rings. The Kier molecular flexibility index (Phi) is 4.86. The van der Waals surface area contributed by atoms with Crippen molar-refractivity contribution in [2.45, 2.75) is 19.4 Å². The number of carbonyl (C=O) groups is 1. The highest BCUT2D eigenvalue weighted by molar-refractivity contribution is 6.01. The van der Waals surface area contributed by atoms with E-state index in [1.807, 2.05) is 6.92 Å². The summed E-state index contributed by atoms with van der Waals surface area (Å²) in [6.07, 6.45) is 3.56. The standard InChI is InChI=1S/C20H18N4O5/c1-13-6-7-14(24(26)27)10-15(13)21-12-20(25)23-17(19-5-3-9-29-19)11-16(22-23)18-4-2-8-28-18/h2-10,17,21H,11-12H2,1H3. The van der Waals surface area contributed by atoms with E-state index in [-0.39, 0.29) is 24.2 Å². The van der Waals surface area contributed by atoms with Crippen LogP contribution < -0.4 is 5.32 Å². The Morgan fingerprint density at radius 1 is 1.28 bits per heavy atom. The van der Waals surface area contributed by atoms with Crippen molar-refractivity contribution in [3.63, 3.8) is 0 Å². The molecule has 0 fully saturated rings. The summed E-state index contributed by atoms with van der Waals surface area (Å²) in [7, 11) is 0. The summed E-state index contributed by atoms with van der Waals surface area (Å²) < 4.78 is 10.9. The fraction of sp³-hybridized carbons (Fsp3) is 0.200. The molecule has 3 heterocycles. The molecule has 1 aromatic carbocycles. The van der Waals surface area contributed by atoms with E-state index >= 15 is 0 Å². The molecular formula is C20H18N4O5. The van der Waals surface area contributed by atoms with E-state index in [1.165, 1.54) is 17.1 Å². The van der Waals surface area contributed by atoms with E-state index in [2.05, 4.69) is 10.4 Å². The van der Waals surface area contributed by atoms with Crippen molar-refractivity contribution in [1.29, 1.82) is 0 Å². The van der Waals surface area contributed by atoms with E-state index < -0.39 is 4.92 Å². The topological polar surface area (TPSA) is 114 Å². The van der Waals surface area contributed by atoms with E-state index in [0.29, 0.717) is 29.3 Å². The summed E-state index contributed by atoms with van der Waals surface area (Å²) in [6, 6.07) is 11.2. The van der Waals surface area contributed by atoms with Crippen molar-refractivity contribution >= 4 is 23.0 Å². The van der Waals surface area contributed by atoms with Crippen LogP contribution in [-0.4, -0.2) is 28.1 Å². The van der Waals surface area contributed by atoms with Gasteiger partial charge in [0.05, 0.1) is 24.0 Å². The minimum atomic E-state index is -0.472. The number of furan rings is 2. The second kappa shape index (κ2) is 7.63. The van der Waals surface area contributed by atoms with E-state index in [1.54, 1.807) is 42.9 Å². The van der Waals surface area contributed by atoms with Gasteiger partial charge in [-0.25, -0.2) is 5.01 Å². The molecule has 3 aromatic rings. The molecule has 148 valence electrons. The van der Waals surface area contributed by atoms with Gasteiger partial charge in [-0.1, -0.05) is 6.07 Å². The second-order valence-corrected chi connectivity index (χ2v) is 6.61. The van der Waals surface area contributed by atoms with Crippen LogP contribution in [0.4, 0.5) is 11.4 Å². The fourth-order valence-electron chi connectivity index (χ4n) is 3.20. The number of nitro groups is 1. The van der Waals surface area contributed by atoms with Gasteiger partial charge in [-0.3, -0.25) is 14.9 Å². The molecule has 29 heavy (non-hydrogen) atoms. The molecule has 1 aliphatic heterocycles. The monoisotopic (exact) mass is 394 g/mol. The number of benzene rings is 1. The molecular weight excluding hydrogens is 376 g/mol. The van der Waals surface area contributed by atoms with Gasteiger partial charge in [0.15, 0.2) is 0 Å². The van der Waals surface area contributed by atoms with Crippen molar-refractivity contribution in [3.05, 3.63) is 82.2 Å². The highest BCUT2D eigenvalue weighted by Gasteiger charge is 2.35. The van der Waals surface area contributed by atoms with Gasteiger partial charge < -0.3 is 14.2 Å². The Morgan fingerprint density at radius 2 is 2.07 bits per heavy atom. The van der Waals surface area contributed by atoms with Gasteiger partial charge in [0.1, 0.15) is 23.3 Å². The minimum Gasteiger partial charge on any atom is -0.467 e. The summed E-state index contributed by atoms with van der Waals surface area (Å²) in [5.41, 5.74) is 1.93. The summed E-state index contributed by atoms with van der Waals surface area (Å²) in [4.78, 5) is 23.4. The average Bonchev–Trinajstić information content (AvgIpc) is 3.47. The fourth-order valence-corrected chi connectivity index (χ4v) is 3.20. The molecule has 9 heteroatoms. The number of non-ortho nitro benzene ring substituents is 1. The zero-order valence-corrected chi connectivity index (χ0v) is 15.6. The van der Waals surface area contributed by atoms with Gasteiger partial charge in [-0.15, -0.1) is 0 Å². The van der Waals surface area contributed by atoms with Gasteiger partial charge in [0.2, 0.25) is 0 Å². The lowest BCUT2D eigenvalue weighted by Gasteiger charge is -2.20. The molecule has 2 aromatic heterocycles. The molecule has 4 rings (SSSR count). The lowest BCUT2D eigenvalue weighted by molar-refractivity contribution is -0.384. The molecule has 0 saturated carbocycles. The number of hydrazone groups is 1. The molecule has 0 bridgehead atoms. The predicted molar refractivity (Wildman–Crippen MR) is 104 cm³/mol. The lowest BCUT2D eigenvalue weighted by atomic mass is 10.1. The molecule has 1 unspecified atom stereocenters. The Hall–Kier alpha value is -3.88. The number of nitro benzene ring substituents is 1. The van der Waals surface area contributed by atoms with Crippen molar-refractivity contribution in [3.8, 4) is 0 Å². The first-order valence-corrected chi connectivity index (χ1v) is 8.98. The van der Waals surface area contributed by atoms with Crippen molar-refractivity contribution in [2.75, 3.05) is 11.9 Å². The Balaban J connectivity index is 1.54. The van der Waals surface area contributed by atoms with Crippen LogP contribution in [0.15, 0.2) is 68.9 Å². The molecule has 0 aliphatic carbocycles. The molecule has 1 N–H and O–H groups in total. The van der Waals surface area contributed by atoms with Crippen molar-refractivity contribution in [1.82, 2.24) is 5.01 Å². The largest absolute Gasteiger partial charge is 0.467 e. The van der Waals surface area contributed by atoms with Gasteiger partial charge in [-0.2, -0.15) is 5.10 Å². The number of nitrogens with zero attached hydrogens (tertiary/aromatic N) is 3. The first kappa shape index (κ1) is 18.5. The predicted octanol–water partition coefficient (Wildman–Crippen LogP) is 3.88. The van der Waals surface area contributed by atoms with Gasteiger partial charge in [-0.05, 0) is 36.8 Å². The first-order valence-electron chi connectivity index (χ1n) is 8.98. The van der Waals surface area contributed by atoms with Crippen LogP contribution in [-0.2, 0) is 4.79 Å². The number of anilines is 1. The van der Waals surface area contributed by atoms with E-state index in [4.69, 9.17) is 8.83 Å². The average molecular weight is 394 g/mol. The number of carbonyl (C=O) groups excluding carboxylic acids is 1. The highest BCUT2D eigenvalue weighted by atomic mass is 16.6. The normalized spacial score (nSPS) is 16.0. The Bertz CT molecular complexity index is 1060. The quantitative estimate of drug-likeness (QED) is 0.501. The number of rotatable bonds is 6. The smallest absolute Gasteiger partial charge is 0.271 e. The summed E-state index contributed by atoms with van der Waals surface area (Å²) in [5.74, 6) is 0.924. The van der Waals surface area contributed by atoms with Crippen LogP contribution >= 0.6 is 0 Å². The molecule has 0 radical (unpaired) electrons. The molecule has 0 spiro atoms. The first-order chi connectivity index (χ1) is 14.0. The van der Waals surface area contributed by atoms with Crippen LogP contribution in [0.2, 0.25) is 0 Å². The zero-order chi connectivity index (χ0) is 20.4. The van der Waals surface area contributed by atoms with Crippen LogP contribution in [0, 0.1) is 17.0 Å². The van der Waals surface area contributed by atoms with Gasteiger partial charge >= 0.3 is 0 Å². The third-order valence-corrected chi connectivity index (χ3v) is 4.71. The zero-order valence-electron chi connectivity index (χ0n) is 15.6. The van der Waals surface area contributed by atoms with E-state index in [9.17, 15) is 14.9 Å². The second-order valence-electron chi connectivity index (χ2n) is 6.61. The maximum absolute atomic E-state index is 12.9. The van der Waals surface area contributed by atoms with Crippen LogP contribution in [0.5, 0.6) is 0 Å². The third kappa shape index (κ3) is 3.75. The molecule has 0 saturated heterocycles. The van der Waals surface area contributed by atoms with Crippen LogP contribution in [0.25, 0.3) is 0 Å².